The fourth-order valence-electron chi connectivity index (χ4n) is 1.70. The standard InChI is InChI=1S/C14H21NO2/c1-11(2)8-13(9-15)14(16)17-10-12-6-4-3-5-7-12/h3-7,11,13H,8-10,15H2,1-2H3/t13-/m0/s1. The van der Waals surface area contributed by atoms with E-state index >= 15 is 0 Å². The third-order valence-electron chi connectivity index (χ3n) is 2.60. The maximum atomic E-state index is 11.8. The smallest absolute Gasteiger partial charge is 0.310 e. The highest BCUT2D eigenvalue weighted by molar-refractivity contribution is 5.72. The lowest BCUT2D eigenvalue weighted by molar-refractivity contribution is -0.150. The molecule has 0 aromatic heterocycles. The van der Waals surface area contributed by atoms with Gasteiger partial charge >= 0.3 is 5.97 Å². The highest BCUT2D eigenvalue weighted by Gasteiger charge is 2.19. The minimum absolute atomic E-state index is 0.182. The second kappa shape index (κ2) is 7.07. The summed E-state index contributed by atoms with van der Waals surface area (Å²) < 4.78 is 5.26. The van der Waals surface area contributed by atoms with Crippen LogP contribution in [0.5, 0.6) is 0 Å². The molecule has 2 N–H and O–H groups in total. The van der Waals surface area contributed by atoms with Gasteiger partial charge in [-0.2, -0.15) is 0 Å². The summed E-state index contributed by atoms with van der Waals surface area (Å²) in [5.74, 6) is 0.0802. The Morgan fingerprint density at radius 2 is 1.94 bits per heavy atom. The van der Waals surface area contributed by atoms with Crippen molar-refractivity contribution in [3.8, 4) is 0 Å². The average Bonchev–Trinajstić information content (AvgIpc) is 2.34. The molecule has 0 heterocycles. The molecule has 0 unspecified atom stereocenters. The van der Waals surface area contributed by atoms with Crippen molar-refractivity contribution in [2.24, 2.45) is 17.6 Å². The van der Waals surface area contributed by atoms with E-state index in [9.17, 15) is 4.79 Å². The van der Waals surface area contributed by atoms with Crippen molar-refractivity contribution in [3.05, 3.63) is 35.9 Å². The molecule has 0 bridgehead atoms. The second-order valence-electron chi connectivity index (χ2n) is 4.66. The van der Waals surface area contributed by atoms with Gasteiger partial charge in [0.05, 0.1) is 5.92 Å². The number of hydrogen-bond acceptors (Lipinski definition) is 3. The summed E-state index contributed by atoms with van der Waals surface area (Å²) in [5, 5.41) is 0. The van der Waals surface area contributed by atoms with Gasteiger partial charge in [-0.15, -0.1) is 0 Å². The minimum Gasteiger partial charge on any atom is -0.461 e. The largest absolute Gasteiger partial charge is 0.461 e. The van der Waals surface area contributed by atoms with Crippen LogP contribution in [0.15, 0.2) is 30.3 Å². The Balaban J connectivity index is 2.42. The van der Waals surface area contributed by atoms with Crippen LogP contribution in [0.2, 0.25) is 0 Å². The van der Waals surface area contributed by atoms with E-state index in [1.165, 1.54) is 0 Å². The molecule has 94 valence electrons. The normalized spacial score (nSPS) is 12.5. The van der Waals surface area contributed by atoms with Crippen LogP contribution in [0.4, 0.5) is 0 Å². The van der Waals surface area contributed by atoms with E-state index in [4.69, 9.17) is 10.5 Å². The summed E-state index contributed by atoms with van der Waals surface area (Å²) in [6.45, 7) is 4.83. The lowest BCUT2D eigenvalue weighted by Crippen LogP contribution is -2.27. The number of rotatable bonds is 6. The van der Waals surface area contributed by atoms with Gasteiger partial charge in [-0.25, -0.2) is 0 Å². The molecule has 1 atom stereocenters. The summed E-state index contributed by atoms with van der Waals surface area (Å²) in [5.41, 5.74) is 6.59. The van der Waals surface area contributed by atoms with Gasteiger partial charge in [-0.1, -0.05) is 44.2 Å². The topological polar surface area (TPSA) is 52.3 Å². The number of nitrogens with two attached hydrogens (primary N) is 1. The number of hydrogen-bond donors (Lipinski definition) is 1. The number of carbonyl (C=O) groups is 1. The quantitative estimate of drug-likeness (QED) is 0.770. The first-order chi connectivity index (χ1) is 8.13. The van der Waals surface area contributed by atoms with Crippen LogP contribution in [-0.2, 0) is 16.1 Å². The monoisotopic (exact) mass is 235 g/mol. The third-order valence-corrected chi connectivity index (χ3v) is 2.60. The zero-order valence-electron chi connectivity index (χ0n) is 10.6. The summed E-state index contributed by atoms with van der Waals surface area (Å²) in [4.78, 5) is 11.8. The fraction of sp³-hybridized carbons (Fsp3) is 0.500. The van der Waals surface area contributed by atoms with Crippen molar-refractivity contribution in [3.63, 3.8) is 0 Å². The van der Waals surface area contributed by atoms with Gasteiger partial charge in [0.25, 0.3) is 0 Å². The third kappa shape index (κ3) is 5.00. The van der Waals surface area contributed by atoms with Crippen molar-refractivity contribution in [2.75, 3.05) is 6.54 Å². The van der Waals surface area contributed by atoms with E-state index < -0.39 is 0 Å². The maximum Gasteiger partial charge on any atom is 0.310 e. The van der Waals surface area contributed by atoms with E-state index in [2.05, 4.69) is 13.8 Å². The van der Waals surface area contributed by atoms with Crippen LogP contribution < -0.4 is 5.73 Å². The Bertz CT molecular complexity index is 335. The molecule has 0 aliphatic heterocycles. The van der Waals surface area contributed by atoms with E-state index in [0.29, 0.717) is 19.1 Å². The van der Waals surface area contributed by atoms with Crippen molar-refractivity contribution < 1.29 is 9.53 Å². The zero-order chi connectivity index (χ0) is 12.7. The van der Waals surface area contributed by atoms with Gasteiger partial charge in [-0.3, -0.25) is 4.79 Å². The molecule has 1 aromatic carbocycles. The molecule has 0 aliphatic carbocycles. The predicted molar refractivity (Wildman–Crippen MR) is 68.2 cm³/mol. The molecule has 3 nitrogen and oxygen atoms in total. The Morgan fingerprint density at radius 3 is 2.47 bits per heavy atom. The SMILES string of the molecule is CC(C)C[C@@H](CN)C(=O)OCc1ccccc1. The van der Waals surface area contributed by atoms with Crippen molar-refractivity contribution >= 4 is 5.97 Å². The Morgan fingerprint density at radius 1 is 1.29 bits per heavy atom. The Labute approximate surface area is 103 Å². The highest BCUT2D eigenvalue weighted by atomic mass is 16.5. The lowest BCUT2D eigenvalue weighted by atomic mass is 9.97. The molecule has 0 amide bonds. The maximum absolute atomic E-state index is 11.8. The van der Waals surface area contributed by atoms with Crippen LogP contribution in [0.3, 0.4) is 0 Å². The van der Waals surface area contributed by atoms with Gasteiger partial charge in [0.1, 0.15) is 6.61 Å². The molecular weight excluding hydrogens is 214 g/mol. The number of carbonyl (C=O) groups excluding carboxylic acids is 1. The van der Waals surface area contributed by atoms with Crippen LogP contribution in [0.25, 0.3) is 0 Å². The van der Waals surface area contributed by atoms with E-state index in [1.807, 2.05) is 30.3 Å². The fourth-order valence-corrected chi connectivity index (χ4v) is 1.70. The van der Waals surface area contributed by atoms with Crippen LogP contribution >= 0.6 is 0 Å². The molecule has 3 heteroatoms. The predicted octanol–water partition coefficient (Wildman–Crippen LogP) is 2.35. The van der Waals surface area contributed by atoms with Gasteiger partial charge in [0, 0.05) is 6.54 Å². The number of esters is 1. The van der Waals surface area contributed by atoms with E-state index in [0.717, 1.165) is 12.0 Å². The molecule has 17 heavy (non-hydrogen) atoms. The lowest BCUT2D eigenvalue weighted by Gasteiger charge is -2.15. The molecule has 0 saturated carbocycles. The zero-order valence-corrected chi connectivity index (χ0v) is 10.6. The average molecular weight is 235 g/mol. The van der Waals surface area contributed by atoms with Gasteiger partial charge in [-0.05, 0) is 17.9 Å². The van der Waals surface area contributed by atoms with Gasteiger partial charge in [0.15, 0.2) is 0 Å². The van der Waals surface area contributed by atoms with Crippen LogP contribution in [-0.4, -0.2) is 12.5 Å². The first-order valence-corrected chi connectivity index (χ1v) is 6.04. The van der Waals surface area contributed by atoms with Crippen LogP contribution in [0.1, 0.15) is 25.8 Å². The summed E-state index contributed by atoms with van der Waals surface area (Å²) in [6.07, 6.45) is 0.782. The molecular formula is C14H21NO2. The van der Waals surface area contributed by atoms with Crippen molar-refractivity contribution in [1.29, 1.82) is 0 Å². The van der Waals surface area contributed by atoms with Crippen molar-refractivity contribution in [1.82, 2.24) is 0 Å². The minimum atomic E-state index is -0.190. The second-order valence-corrected chi connectivity index (χ2v) is 4.66. The number of ether oxygens (including phenoxy) is 1. The Kier molecular flexibility index (Phi) is 5.70. The molecule has 1 rings (SSSR count). The Hall–Kier alpha value is -1.35. The molecule has 0 spiro atoms. The first kappa shape index (κ1) is 13.7. The molecule has 0 saturated heterocycles. The van der Waals surface area contributed by atoms with Gasteiger partial charge in [0.2, 0.25) is 0 Å². The number of benzene rings is 1. The first-order valence-electron chi connectivity index (χ1n) is 6.04. The van der Waals surface area contributed by atoms with E-state index in [1.54, 1.807) is 0 Å². The summed E-state index contributed by atoms with van der Waals surface area (Å²) in [6, 6.07) is 9.67. The molecule has 0 fully saturated rings. The van der Waals surface area contributed by atoms with E-state index in [-0.39, 0.29) is 11.9 Å². The molecule has 1 aromatic rings. The summed E-state index contributed by atoms with van der Waals surface area (Å²) >= 11 is 0. The molecule has 0 radical (unpaired) electrons. The van der Waals surface area contributed by atoms with Crippen molar-refractivity contribution in [2.45, 2.75) is 26.9 Å². The van der Waals surface area contributed by atoms with Gasteiger partial charge < -0.3 is 10.5 Å². The van der Waals surface area contributed by atoms with Crippen LogP contribution in [0, 0.1) is 11.8 Å². The summed E-state index contributed by atoms with van der Waals surface area (Å²) in [7, 11) is 0. The highest BCUT2D eigenvalue weighted by Crippen LogP contribution is 2.13. The molecule has 0 aliphatic rings.